The second-order valence-corrected chi connectivity index (χ2v) is 4.87. The Kier molecular flexibility index (Phi) is 5.11. The van der Waals surface area contributed by atoms with E-state index < -0.39 is 11.6 Å². The molecule has 0 radical (unpaired) electrons. The van der Waals surface area contributed by atoms with Crippen LogP contribution in [0.4, 0.5) is 0 Å². The summed E-state index contributed by atoms with van der Waals surface area (Å²) in [4.78, 5) is 23.7. The van der Waals surface area contributed by atoms with Gasteiger partial charge in [0, 0.05) is 11.9 Å². The van der Waals surface area contributed by atoms with Crippen LogP contribution in [0.15, 0.2) is 33.5 Å². The highest BCUT2D eigenvalue weighted by atomic mass is 16.5. The highest BCUT2D eigenvalue weighted by Crippen LogP contribution is 2.16. The van der Waals surface area contributed by atoms with Crippen LogP contribution in [-0.2, 0) is 11.3 Å². The smallest absolute Gasteiger partial charge is 0.351 e. The molecule has 21 heavy (non-hydrogen) atoms. The molecule has 1 heterocycles. The number of rotatable bonds is 6. The summed E-state index contributed by atoms with van der Waals surface area (Å²) in [6.45, 7) is 2.76. The minimum absolute atomic E-state index is 0.0758. The number of carbonyl (C=O) groups excluding carboxylic acids is 1. The number of fused-ring (bicyclic) bond motifs is 1. The third-order valence-electron chi connectivity index (χ3n) is 3.23. The summed E-state index contributed by atoms with van der Waals surface area (Å²) in [5.41, 5.74) is 6.16. The van der Waals surface area contributed by atoms with Crippen LogP contribution in [0.2, 0.25) is 0 Å². The van der Waals surface area contributed by atoms with E-state index in [2.05, 4.69) is 6.92 Å². The van der Waals surface area contributed by atoms with Gasteiger partial charge in [0.25, 0.3) is 0 Å². The topological polar surface area (TPSA) is 82.5 Å². The Balaban J connectivity index is 2.24. The molecule has 0 aliphatic rings. The van der Waals surface area contributed by atoms with Crippen LogP contribution in [-0.4, -0.2) is 12.6 Å². The summed E-state index contributed by atoms with van der Waals surface area (Å²) in [5.74, 6) is -0.639. The molecule has 0 spiro atoms. The standard InChI is InChI=1S/C16H19NO4/c1-2-3-4-7-20-15(18)13-9-12-8-11(10-17)5-6-14(12)21-16(13)19/h5-6,8-9H,2-4,7,10,17H2,1H3. The summed E-state index contributed by atoms with van der Waals surface area (Å²) in [5, 5.41) is 0.665. The fourth-order valence-electron chi connectivity index (χ4n) is 2.04. The zero-order valence-electron chi connectivity index (χ0n) is 12.1. The molecular weight excluding hydrogens is 270 g/mol. The van der Waals surface area contributed by atoms with Gasteiger partial charge in [-0.25, -0.2) is 9.59 Å². The lowest BCUT2D eigenvalue weighted by Crippen LogP contribution is -2.17. The molecule has 0 amide bonds. The molecular formula is C16H19NO4. The van der Waals surface area contributed by atoms with Gasteiger partial charge >= 0.3 is 11.6 Å². The number of benzene rings is 1. The van der Waals surface area contributed by atoms with Crippen LogP contribution in [0.25, 0.3) is 11.0 Å². The Morgan fingerprint density at radius 1 is 1.29 bits per heavy atom. The summed E-state index contributed by atoms with van der Waals surface area (Å²) < 4.78 is 10.2. The van der Waals surface area contributed by atoms with Crippen LogP contribution in [0.3, 0.4) is 0 Å². The third-order valence-corrected chi connectivity index (χ3v) is 3.23. The van der Waals surface area contributed by atoms with Crippen LogP contribution in [0.5, 0.6) is 0 Å². The summed E-state index contributed by atoms with van der Waals surface area (Å²) >= 11 is 0. The van der Waals surface area contributed by atoms with E-state index in [1.54, 1.807) is 18.2 Å². The molecule has 112 valence electrons. The normalized spacial score (nSPS) is 10.8. The van der Waals surface area contributed by atoms with E-state index in [4.69, 9.17) is 14.9 Å². The molecule has 5 heteroatoms. The number of carbonyl (C=O) groups is 1. The van der Waals surface area contributed by atoms with E-state index in [1.165, 1.54) is 6.07 Å². The molecule has 0 aliphatic heterocycles. The van der Waals surface area contributed by atoms with Gasteiger partial charge in [0.1, 0.15) is 11.1 Å². The number of hydrogen-bond acceptors (Lipinski definition) is 5. The highest BCUT2D eigenvalue weighted by molar-refractivity contribution is 5.92. The zero-order valence-corrected chi connectivity index (χ0v) is 12.1. The Labute approximate surface area is 122 Å². The predicted octanol–water partition coefficient (Wildman–Crippen LogP) is 2.60. The molecule has 0 unspecified atom stereocenters. The third kappa shape index (κ3) is 3.70. The van der Waals surface area contributed by atoms with Crippen molar-refractivity contribution in [1.82, 2.24) is 0 Å². The Hall–Kier alpha value is -2.14. The molecule has 1 aromatic heterocycles. The van der Waals surface area contributed by atoms with Gasteiger partial charge in [-0.3, -0.25) is 0 Å². The van der Waals surface area contributed by atoms with Crippen molar-refractivity contribution >= 4 is 16.9 Å². The fraction of sp³-hybridized carbons (Fsp3) is 0.375. The zero-order chi connectivity index (χ0) is 15.2. The molecule has 5 nitrogen and oxygen atoms in total. The van der Waals surface area contributed by atoms with Crippen molar-refractivity contribution in [2.45, 2.75) is 32.7 Å². The van der Waals surface area contributed by atoms with Crippen LogP contribution < -0.4 is 11.4 Å². The maximum atomic E-state index is 11.9. The van der Waals surface area contributed by atoms with Crippen LogP contribution in [0, 0.1) is 0 Å². The van der Waals surface area contributed by atoms with Crippen LogP contribution >= 0.6 is 0 Å². The predicted molar refractivity (Wildman–Crippen MR) is 80.2 cm³/mol. The van der Waals surface area contributed by atoms with E-state index in [9.17, 15) is 9.59 Å². The minimum atomic E-state index is -0.677. The minimum Gasteiger partial charge on any atom is -0.462 e. The van der Waals surface area contributed by atoms with Gasteiger partial charge in [0.15, 0.2) is 0 Å². The molecule has 0 saturated carbocycles. The average Bonchev–Trinajstić information content (AvgIpc) is 2.50. The van der Waals surface area contributed by atoms with E-state index in [0.29, 0.717) is 24.1 Å². The maximum Gasteiger partial charge on any atom is 0.351 e. The summed E-state index contributed by atoms with van der Waals surface area (Å²) in [6, 6.07) is 6.76. The lowest BCUT2D eigenvalue weighted by Gasteiger charge is -2.05. The number of unbranched alkanes of at least 4 members (excludes halogenated alkanes) is 2. The van der Waals surface area contributed by atoms with Gasteiger partial charge in [-0.1, -0.05) is 25.8 Å². The maximum absolute atomic E-state index is 11.9. The molecule has 1 aromatic carbocycles. The van der Waals surface area contributed by atoms with Crippen molar-refractivity contribution in [1.29, 1.82) is 0 Å². The quantitative estimate of drug-likeness (QED) is 0.502. The molecule has 2 N–H and O–H groups in total. The Morgan fingerprint density at radius 2 is 2.10 bits per heavy atom. The molecule has 0 fully saturated rings. The van der Waals surface area contributed by atoms with Crippen molar-refractivity contribution < 1.29 is 13.9 Å². The number of ether oxygens (including phenoxy) is 1. The highest BCUT2D eigenvalue weighted by Gasteiger charge is 2.15. The second-order valence-electron chi connectivity index (χ2n) is 4.87. The summed E-state index contributed by atoms with van der Waals surface area (Å²) in [6.07, 6.45) is 2.81. The fourth-order valence-corrected chi connectivity index (χ4v) is 2.04. The first kappa shape index (κ1) is 15.3. The molecule has 0 saturated heterocycles. The first-order valence-corrected chi connectivity index (χ1v) is 7.09. The molecule has 0 bridgehead atoms. The molecule has 0 aliphatic carbocycles. The molecule has 0 atom stereocenters. The molecule has 2 aromatic rings. The lowest BCUT2D eigenvalue weighted by atomic mass is 10.1. The van der Waals surface area contributed by atoms with Crippen molar-refractivity contribution in [3.8, 4) is 0 Å². The van der Waals surface area contributed by atoms with E-state index >= 15 is 0 Å². The SMILES string of the molecule is CCCCCOC(=O)c1cc2cc(CN)ccc2oc1=O. The first-order valence-electron chi connectivity index (χ1n) is 7.09. The van der Waals surface area contributed by atoms with Gasteiger partial charge in [-0.2, -0.15) is 0 Å². The van der Waals surface area contributed by atoms with Gasteiger partial charge in [0.05, 0.1) is 6.61 Å². The molecule has 2 rings (SSSR count). The van der Waals surface area contributed by atoms with E-state index in [-0.39, 0.29) is 5.56 Å². The van der Waals surface area contributed by atoms with Crippen LogP contribution in [0.1, 0.15) is 42.1 Å². The van der Waals surface area contributed by atoms with Gasteiger partial charge < -0.3 is 14.9 Å². The Bertz CT molecular complexity index is 690. The van der Waals surface area contributed by atoms with Gasteiger partial charge in [-0.15, -0.1) is 0 Å². The monoisotopic (exact) mass is 289 g/mol. The largest absolute Gasteiger partial charge is 0.462 e. The van der Waals surface area contributed by atoms with Crippen molar-refractivity contribution in [3.05, 3.63) is 45.8 Å². The second kappa shape index (κ2) is 7.04. The number of hydrogen-bond donors (Lipinski definition) is 1. The lowest BCUT2D eigenvalue weighted by molar-refractivity contribution is 0.0493. The van der Waals surface area contributed by atoms with Gasteiger partial charge in [-0.05, 0) is 30.2 Å². The van der Waals surface area contributed by atoms with Crippen molar-refractivity contribution in [2.75, 3.05) is 6.61 Å². The summed E-state index contributed by atoms with van der Waals surface area (Å²) in [7, 11) is 0. The van der Waals surface area contributed by atoms with E-state index in [0.717, 1.165) is 24.8 Å². The number of esters is 1. The Morgan fingerprint density at radius 3 is 2.81 bits per heavy atom. The number of nitrogens with two attached hydrogens (primary N) is 1. The van der Waals surface area contributed by atoms with Crippen molar-refractivity contribution in [2.24, 2.45) is 5.73 Å². The van der Waals surface area contributed by atoms with E-state index in [1.807, 2.05) is 0 Å². The average molecular weight is 289 g/mol. The van der Waals surface area contributed by atoms with Crippen molar-refractivity contribution in [3.63, 3.8) is 0 Å². The van der Waals surface area contributed by atoms with Gasteiger partial charge in [0.2, 0.25) is 0 Å². The first-order chi connectivity index (χ1) is 10.2.